The van der Waals surface area contributed by atoms with Crippen molar-refractivity contribution in [3.05, 3.63) is 29.8 Å². The highest BCUT2D eigenvalue weighted by atomic mass is 32.2. The van der Waals surface area contributed by atoms with Crippen LogP contribution in [-0.4, -0.2) is 43.6 Å². The Bertz CT molecular complexity index is 849. The molecule has 1 saturated carbocycles. The van der Waals surface area contributed by atoms with Gasteiger partial charge in [0.05, 0.1) is 10.5 Å². The van der Waals surface area contributed by atoms with Crippen LogP contribution in [0.3, 0.4) is 0 Å². The summed E-state index contributed by atoms with van der Waals surface area (Å²) in [6.07, 6.45) is 4.89. The van der Waals surface area contributed by atoms with Gasteiger partial charge in [-0.2, -0.15) is 0 Å². The second-order valence-corrected chi connectivity index (χ2v) is 12.7. The molecule has 166 valence electrons. The molecule has 1 heterocycles. The van der Waals surface area contributed by atoms with Crippen molar-refractivity contribution in [1.82, 2.24) is 0 Å². The van der Waals surface area contributed by atoms with Crippen molar-refractivity contribution in [3.63, 3.8) is 0 Å². The lowest BCUT2D eigenvalue weighted by atomic mass is 9.79. The Morgan fingerprint density at radius 2 is 1.57 bits per heavy atom. The minimum absolute atomic E-state index is 0.0476. The topological polar surface area (TPSA) is 71.5 Å². The van der Waals surface area contributed by atoms with Crippen LogP contribution in [0.15, 0.2) is 24.3 Å². The minimum Gasteiger partial charge on any atom is -0.371 e. The molecular formula is C24H35NO4S. The van der Waals surface area contributed by atoms with E-state index >= 15 is 0 Å². The lowest BCUT2D eigenvalue weighted by Gasteiger charge is -2.30. The Hall–Kier alpha value is -1.69. The lowest BCUT2D eigenvalue weighted by molar-refractivity contribution is -0.123. The monoisotopic (exact) mass is 433 g/mol. The second-order valence-electron chi connectivity index (χ2n) is 9.95. The fraction of sp³-hybridized carbons (Fsp3) is 0.667. The third-order valence-electron chi connectivity index (χ3n) is 6.69. The fourth-order valence-electron chi connectivity index (χ4n) is 4.40. The largest absolute Gasteiger partial charge is 0.371 e. The molecule has 0 aromatic heterocycles. The number of benzene rings is 1. The molecule has 1 aliphatic carbocycles. The number of carbonyl (C=O) groups excluding carboxylic acids is 2. The molecule has 0 bridgehead atoms. The molecule has 0 N–H and O–H groups in total. The summed E-state index contributed by atoms with van der Waals surface area (Å²) >= 11 is 0. The Balaban J connectivity index is 1.48. The Morgan fingerprint density at radius 1 is 1.00 bits per heavy atom. The Kier molecular flexibility index (Phi) is 7.05. The van der Waals surface area contributed by atoms with Crippen molar-refractivity contribution in [2.24, 2.45) is 11.8 Å². The fourth-order valence-corrected chi connectivity index (χ4v) is 5.85. The molecule has 0 unspecified atom stereocenters. The van der Waals surface area contributed by atoms with Crippen LogP contribution in [0.2, 0.25) is 0 Å². The molecular weight excluding hydrogens is 398 g/mol. The van der Waals surface area contributed by atoms with Crippen molar-refractivity contribution in [1.29, 1.82) is 0 Å². The highest BCUT2D eigenvalue weighted by Crippen LogP contribution is 2.33. The van der Waals surface area contributed by atoms with E-state index in [0.29, 0.717) is 25.0 Å². The van der Waals surface area contributed by atoms with E-state index in [1.54, 1.807) is 20.8 Å². The van der Waals surface area contributed by atoms with E-state index in [1.165, 1.54) is 0 Å². The zero-order valence-corrected chi connectivity index (χ0v) is 19.3. The van der Waals surface area contributed by atoms with E-state index in [4.69, 9.17) is 0 Å². The van der Waals surface area contributed by atoms with Gasteiger partial charge in [-0.05, 0) is 70.1 Å². The molecule has 2 aliphatic rings. The van der Waals surface area contributed by atoms with E-state index in [2.05, 4.69) is 4.90 Å². The molecule has 0 spiro atoms. The molecule has 0 amide bonds. The molecule has 0 radical (unpaired) electrons. The zero-order chi connectivity index (χ0) is 21.9. The van der Waals surface area contributed by atoms with Gasteiger partial charge >= 0.3 is 0 Å². The van der Waals surface area contributed by atoms with Gasteiger partial charge in [0.2, 0.25) is 0 Å². The van der Waals surface area contributed by atoms with Crippen LogP contribution in [0.4, 0.5) is 5.69 Å². The summed E-state index contributed by atoms with van der Waals surface area (Å²) in [7, 11) is -3.11. The van der Waals surface area contributed by atoms with E-state index in [0.717, 1.165) is 50.0 Å². The van der Waals surface area contributed by atoms with Gasteiger partial charge in [0.1, 0.15) is 11.6 Å². The predicted molar refractivity (Wildman–Crippen MR) is 121 cm³/mol. The first kappa shape index (κ1) is 23.0. The molecule has 30 heavy (non-hydrogen) atoms. The van der Waals surface area contributed by atoms with Gasteiger partial charge in [-0.15, -0.1) is 0 Å². The maximum Gasteiger partial charge on any atom is 0.155 e. The number of hydrogen-bond acceptors (Lipinski definition) is 5. The summed E-state index contributed by atoms with van der Waals surface area (Å²) in [5, 5.41) is 0. The third kappa shape index (κ3) is 5.71. The van der Waals surface area contributed by atoms with Crippen LogP contribution in [0.5, 0.6) is 0 Å². The number of piperidine rings is 1. The van der Waals surface area contributed by atoms with Gasteiger partial charge in [-0.25, -0.2) is 8.42 Å². The van der Waals surface area contributed by atoms with Crippen molar-refractivity contribution in [2.45, 2.75) is 70.5 Å². The van der Waals surface area contributed by atoms with Crippen molar-refractivity contribution in [2.75, 3.05) is 23.7 Å². The van der Waals surface area contributed by atoms with Gasteiger partial charge in [0, 0.05) is 44.0 Å². The number of nitrogens with zero attached hydrogens (tertiary/aromatic N) is 1. The first-order valence-electron chi connectivity index (χ1n) is 11.2. The average Bonchev–Trinajstić information content (AvgIpc) is 2.68. The number of sulfone groups is 1. The SMILES string of the molecule is CC(C)(C)S(=O)(=O)CC1CCC(C(=O)Cc2ccc(N3CCC(=O)CC3)cc2)CC1. The summed E-state index contributed by atoms with van der Waals surface area (Å²) in [6.45, 7) is 6.81. The summed E-state index contributed by atoms with van der Waals surface area (Å²) in [5.41, 5.74) is 2.13. The van der Waals surface area contributed by atoms with E-state index < -0.39 is 14.6 Å². The zero-order valence-electron chi connectivity index (χ0n) is 18.5. The average molecular weight is 434 g/mol. The van der Waals surface area contributed by atoms with E-state index in [9.17, 15) is 18.0 Å². The molecule has 3 rings (SSSR count). The van der Waals surface area contributed by atoms with Gasteiger partial charge in [0.15, 0.2) is 9.84 Å². The number of Topliss-reactive ketones (excluding diaryl/α,β-unsaturated/α-hetero) is 2. The molecule has 1 aromatic carbocycles. The van der Waals surface area contributed by atoms with Crippen molar-refractivity contribution >= 4 is 27.1 Å². The quantitative estimate of drug-likeness (QED) is 0.678. The summed E-state index contributed by atoms with van der Waals surface area (Å²) in [6, 6.07) is 8.13. The van der Waals surface area contributed by atoms with Gasteiger partial charge in [-0.3, -0.25) is 9.59 Å². The maximum atomic E-state index is 12.8. The number of rotatable bonds is 6. The molecule has 0 atom stereocenters. The molecule has 2 fully saturated rings. The molecule has 5 nitrogen and oxygen atoms in total. The second kappa shape index (κ2) is 9.21. The van der Waals surface area contributed by atoms with Crippen LogP contribution < -0.4 is 4.90 Å². The maximum absolute atomic E-state index is 12.8. The number of carbonyl (C=O) groups is 2. The predicted octanol–water partition coefficient (Wildman–Crippen LogP) is 3.99. The minimum atomic E-state index is -3.11. The van der Waals surface area contributed by atoms with Crippen LogP contribution >= 0.6 is 0 Å². The summed E-state index contributed by atoms with van der Waals surface area (Å²) in [5.74, 6) is 1.06. The summed E-state index contributed by atoms with van der Waals surface area (Å²) < 4.78 is 24.2. The number of hydrogen-bond donors (Lipinski definition) is 0. The van der Waals surface area contributed by atoms with Gasteiger partial charge in [0.25, 0.3) is 0 Å². The molecule has 1 aromatic rings. The van der Waals surface area contributed by atoms with Crippen molar-refractivity contribution < 1.29 is 18.0 Å². The first-order valence-corrected chi connectivity index (χ1v) is 12.8. The normalized spacial score (nSPS) is 23.4. The van der Waals surface area contributed by atoms with Crippen LogP contribution in [0.25, 0.3) is 0 Å². The smallest absolute Gasteiger partial charge is 0.155 e. The standard InChI is InChI=1S/C24H35NO4S/c1-24(2,3)30(28,29)17-19-4-8-20(9-5-19)23(27)16-18-6-10-21(11-7-18)25-14-12-22(26)13-15-25/h6-7,10-11,19-20H,4-5,8-9,12-17H2,1-3H3. The first-order chi connectivity index (χ1) is 14.0. The lowest BCUT2D eigenvalue weighted by Crippen LogP contribution is -2.35. The van der Waals surface area contributed by atoms with E-state index in [1.807, 2.05) is 24.3 Å². The van der Waals surface area contributed by atoms with Gasteiger partial charge < -0.3 is 4.90 Å². The number of ketones is 2. The van der Waals surface area contributed by atoms with Gasteiger partial charge in [-0.1, -0.05) is 12.1 Å². The van der Waals surface area contributed by atoms with Crippen LogP contribution in [0.1, 0.15) is 64.9 Å². The van der Waals surface area contributed by atoms with Crippen molar-refractivity contribution in [3.8, 4) is 0 Å². The Labute approximate surface area is 181 Å². The highest BCUT2D eigenvalue weighted by Gasteiger charge is 2.34. The number of anilines is 1. The van der Waals surface area contributed by atoms with Crippen LogP contribution in [0, 0.1) is 11.8 Å². The van der Waals surface area contributed by atoms with E-state index in [-0.39, 0.29) is 23.4 Å². The molecule has 1 aliphatic heterocycles. The Morgan fingerprint density at radius 3 is 2.10 bits per heavy atom. The highest BCUT2D eigenvalue weighted by molar-refractivity contribution is 7.92. The molecule has 1 saturated heterocycles. The summed E-state index contributed by atoms with van der Waals surface area (Å²) in [4.78, 5) is 26.4. The molecule has 6 heteroatoms. The third-order valence-corrected chi connectivity index (χ3v) is 9.47. The van der Waals surface area contributed by atoms with Crippen LogP contribution in [-0.2, 0) is 25.8 Å².